The molecule has 2 N–H and O–H groups in total. The predicted molar refractivity (Wildman–Crippen MR) is 121 cm³/mol. The number of aromatic nitrogens is 3. The summed E-state index contributed by atoms with van der Waals surface area (Å²) in [4.78, 5) is 13.3. The summed E-state index contributed by atoms with van der Waals surface area (Å²) in [5, 5.41) is 11.1. The first kappa shape index (κ1) is 22.6. The minimum absolute atomic E-state index is 0.0755. The van der Waals surface area contributed by atoms with E-state index in [1.807, 2.05) is 49.4 Å². The molecule has 0 aliphatic heterocycles. The van der Waals surface area contributed by atoms with Crippen molar-refractivity contribution in [1.82, 2.24) is 25.8 Å². The summed E-state index contributed by atoms with van der Waals surface area (Å²) >= 11 is 6.20. The Labute approximate surface area is 187 Å². The van der Waals surface area contributed by atoms with Crippen LogP contribution in [0.3, 0.4) is 0 Å². The number of ether oxygens (including phenoxy) is 1. The normalized spacial score (nSPS) is 12.4. The number of hydrogen-bond acceptors (Lipinski definition) is 6. The Balaban J connectivity index is 1.52. The highest BCUT2D eigenvalue weighted by molar-refractivity contribution is 6.32. The summed E-state index contributed by atoms with van der Waals surface area (Å²) in [6.45, 7) is 5.94. The molecule has 164 valence electrons. The van der Waals surface area contributed by atoms with Crippen molar-refractivity contribution in [1.29, 1.82) is 0 Å². The molecule has 0 amide bonds. The van der Waals surface area contributed by atoms with E-state index >= 15 is 0 Å². The number of halogens is 1. The maximum atomic E-state index is 6.20. The minimum atomic E-state index is -0.0755. The molecule has 1 unspecified atom stereocenters. The van der Waals surface area contributed by atoms with Gasteiger partial charge in [0, 0.05) is 25.7 Å². The Morgan fingerprint density at radius 3 is 2.74 bits per heavy atom. The molecule has 1 aromatic carbocycles. The van der Waals surface area contributed by atoms with E-state index in [9.17, 15) is 0 Å². The Morgan fingerprint density at radius 2 is 2.00 bits per heavy atom. The molecule has 0 fully saturated rings. The van der Waals surface area contributed by atoms with Gasteiger partial charge in [-0.3, -0.25) is 4.98 Å². The molecule has 1 atom stereocenters. The smallest absolute Gasteiger partial charge is 0.276 e. The first-order valence-electron chi connectivity index (χ1n) is 10.4. The van der Waals surface area contributed by atoms with Gasteiger partial charge in [-0.2, -0.15) is 4.98 Å². The average molecular weight is 443 g/mol. The van der Waals surface area contributed by atoms with E-state index in [-0.39, 0.29) is 6.10 Å². The molecule has 0 saturated heterocycles. The quantitative estimate of drug-likeness (QED) is 0.364. The van der Waals surface area contributed by atoms with Gasteiger partial charge in [0.2, 0.25) is 0 Å². The summed E-state index contributed by atoms with van der Waals surface area (Å²) in [5.41, 5.74) is 0.660. The van der Waals surface area contributed by atoms with Crippen LogP contribution < -0.4 is 15.4 Å². The van der Waals surface area contributed by atoms with Crippen LogP contribution >= 0.6 is 11.6 Å². The Hall–Kier alpha value is -3.13. The number of guanidine groups is 1. The van der Waals surface area contributed by atoms with Crippen LogP contribution in [0, 0.1) is 0 Å². The van der Waals surface area contributed by atoms with Gasteiger partial charge in [0.1, 0.15) is 17.5 Å². The van der Waals surface area contributed by atoms with Crippen LogP contribution in [-0.4, -0.2) is 46.8 Å². The molecule has 2 heterocycles. The number of nitrogens with one attached hydrogen (secondary N) is 2. The monoisotopic (exact) mass is 442 g/mol. The zero-order valence-corrected chi connectivity index (χ0v) is 18.5. The van der Waals surface area contributed by atoms with Crippen molar-refractivity contribution >= 4 is 17.6 Å². The molecule has 0 aliphatic rings. The maximum absolute atomic E-state index is 6.20. The fourth-order valence-electron chi connectivity index (χ4n) is 2.75. The molecule has 0 saturated carbocycles. The van der Waals surface area contributed by atoms with E-state index in [1.165, 1.54) is 0 Å². The van der Waals surface area contributed by atoms with Crippen molar-refractivity contribution in [3.63, 3.8) is 0 Å². The summed E-state index contributed by atoms with van der Waals surface area (Å²) < 4.78 is 11.3. The van der Waals surface area contributed by atoms with Crippen LogP contribution in [0.25, 0.3) is 11.6 Å². The lowest BCUT2D eigenvalue weighted by molar-refractivity contribution is 0.206. The van der Waals surface area contributed by atoms with Crippen LogP contribution in [0.4, 0.5) is 0 Å². The lowest BCUT2D eigenvalue weighted by Gasteiger charge is -2.18. The fourth-order valence-corrected chi connectivity index (χ4v) is 2.93. The van der Waals surface area contributed by atoms with Crippen molar-refractivity contribution in [2.45, 2.75) is 32.8 Å². The van der Waals surface area contributed by atoms with Crippen molar-refractivity contribution in [2.24, 2.45) is 4.99 Å². The van der Waals surface area contributed by atoms with Crippen molar-refractivity contribution in [2.75, 3.05) is 19.6 Å². The van der Waals surface area contributed by atoms with Gasteiger partial charge in [0.05, 0.1) is 11.6 Å². The van der Waals surface area contributed by atoms with Gasteiger partial charge < -0.3 is 19.9 Å². The molecule has 0 spiro atoms. The predicted octanol–water partition coefficient (Wildman–Crippen LogP) is 3.74. The third kappa shape index (κ3) is 6.96. The summed E-state index contributed by atoms with van der Waals surface area (Å²) in [6, 6.07) is 13.0. The number of rotatable bonds is 10. The highest BCUT2D eigenvalue weighted by Crippen LogP contribution is 2.24. The summed E-state index contributed by atoms with van der Waals surface area (Å²) in [5.74, 6) is 2.40. The number of hydrogen-bond donors (Lipinski definition) is 2. The second kappa shape index (κ2) is 11.9. The second-order valence-corrected chi connectivity index (χ2v) is 7.11. The largest absolute Gasteiger partial charge is 0.487 e. The van der Waals surface area contributed by atoms with Gasteiger partial charge in [-0.15, -0.1) is 0 Å². The van der Waals surface area contributed by atoms with Crippen molar-refractivity contribution in [3.8, 4) is 17.3 Å². The number of para-hydroxylation sites is 1. The van der Waals surface area contributed by atoms with E-state index in [0.29, 0.717) is 53.7 Å². The lowest BCUT2D eigenvalue weighted by Crippen LogP contribution is -2.39. The fraction of sp³-hybridized carbons (Fsp3) is 0.364. The molecule has 0 aliphatic carbocycles. The third-order valence-corrected chi connectivity index (χ3v) is 4.69. The van der Waals surface area contributed by atoms with Gasteiger partial charge in [-0.25, -0.2) is 4.99 Å². The Bertz CT molecular complexity index is 963. The summed E-state index contributed by atoms with van der Waals surface area (Å²) in [7, 11) is 0. The molecule has 9 heteroatoms. The number of pyridine rings is 1. The molecule has 0 radical (unpaired) electrons. The van der Waals surface area contributed by atoms with E-state index in [0.717, 1.165) is 13.0 Å². The molecule has 31 heavy (non-hydrogen) atoms. The minimum Gasteiger partial charge on any atom is -0.487 e. The van der Waals surface area contributed by atoms with E-state index in [4.69, 9.17) is 20.9 Å². The van der Waals surface area contributed by atoms with Crippen LogP contribution in [-0.2, 0) is 6.42 Å². The Kier molecular flexibility index (Phi) is 8.66. The molecule has 2 aromatic heterocycles. The SMILES string of the molecule is CCNC(=NCC(CC)Oc1ccccc1Cl)NCCc1noc(-c2ccccn2)n1. The number of benzene rings is 1. The standard InChI is InChI=1S/C22H27ClN6O2/c1-3-16(30-19-11-6-5-9-17(19)23)15-27-22(24-4-2)26-14-12-20-28-21(31-29-20)18-10-7-8-13-25-18/h5-11,13,16H,3-4,12,14-15H2,1-2H3,(H2,24,26,27). The van der Waals surface area contributed by atoms with Crippen LogP contribution in [0.5, 0.6) is 5.75 Å². The summed E-state index contributed by atoms with van der Waals surface area (Å²) in [6.07, 6.45) is 3.02. The molecular formula is C22H27ClN6O2. The highest BCUT2D eigenvalue weighted by atomic mass is 35.5. The lowest BCUT2D eigenvalue weighted by atomic mass is 10.2. The van der Waals surface area contributed by atoms with E-state index in [1.54, 1.807) is 6.20 Å². The van der Waals surface area contributed by atoms with Crippen LogP contribution in [0.2, 0.25) is 5.02 Å². The first-order valence-corrected chi connectivity index (χ1v) is 10.7. The topological polar surface area (TPSA) is 97.5 Å². The third-order valence-electron chi connectivity index (χ3n) is 4.38. The molecule has 3 rings (SSSR count). The van der Waals surface area contributed by atoms with Gasteiger partial charge in [0.15, 0.2) is 11.8 Å². The van der Waals surface area contributed by atoms with Crippen molar-refractivity contribution < 1.29 is 9.26 Å². The molecule has 8 nitrogen and oxygen atoms in total. The number of aliphatic imine (C=N–C) groups is 1. The zero-order chi connectivity index (χ0) is 21.9. The van der Waals surface area contributed by atoms with Gasteiger partial charge >= 0.3 is 0 Å². The molecular weight excluding hydrogens is 416 g/mol. The molecule has 3 aromatic rings. The average Bonchev–Trinajstić information content (AvgIpc) is 3.27. The maximum Gasteiger partial charge on any atom is 0.276 e. The van der Waals surface area contributed by atoms with Crippen LogP contribution in [0.1, 0.15) is 26.1 Å². The van der Waals surface area contributed by atoms with Crippen molar-refractivity contribution in [3.05, 3.63) is 59.5 Å². The van der Waals surface area contributed by atoms with E-state index < -0.39 is 0 Å². The van der Waals surface area contributed by atoms with Gasteiger partial charge in [0.25, 0.3) is 5.89 Å². The van der Waals surface area contributed by atoms with E-state index in [2.05, 4.69) is 37.7 Å². The highest BCUT2D eigenvalue weighted by Gasteiger charge is 2.12. The Morgan fingerprint density at radius 1 is 1.16 bits per heavy atom. The van der Waals surface area contributed by atoms with Crippen LogP contribution in [0.15, 0.2) is 58.2 Å². The zero-order valence-electron chi connectivity index (χ0n) is 17.7. The first-order chi connectivity index (χ1) is 15.2. The molecule has 0 bridgehead atoms. The van der Waals surface area contributed by atoms with Gasteiger partial charge in [-0.05, 0) is 37.6 Å². The second-order valence-electron chi connectivity index (χ2n) is 6.71. The number of nitrogens with zero attached hydrogens (tertiary/aromatic N) is 4. The van der Waals surface area contributed by atoms with Gasteiger partial charge in [-0.1, -0.05) is 41.9 Å².